The summed E-state index contributed by atoms with van der Waals surface area (Å²) in [5.41, 5.74) is 3.31. The number of nitrogens with zero attached hydrogens (tertiary/aromatic N) is 1. The van der Waals surface area contributed by atoms with Gasteiger partial charge in [-0.25, -0.2) is 0 Å². The van der Waals surface area contributed by atoms with Gasteiger partial charge in [0.1, 0.15) is 18.1 Å². The molecule has 0 amide bonds. The molecular formula is C27H29NO4. The maximum Gasteiger partial charge on any atom is 0.307 e. The van der Waals surface area contributed by atoms with Crippen LogP contribution in [0.25, 0.3) is 0 Å². The maximum absolute atomic E-state index is 11.7. The van der Waals surface area contributed by atoms with Crippen molar-refractivity contribution in [3.05, 3.63) is 95.6 Å². The monoisotopic (exact) mass is 431 g/mol. The first-order chi connectivity index (χ1) is 15.6. The van der Waals surface area contributed by atoms with Crippen molar-refractivity contribution in [2.24, 2.45) is 5.92 Å². The van der Waals surface area contributed by atoms with Crippen molar-refractivity contribution in [2.45, 2.75) is 25.5 Å². The summed E-state index contributed by atoms with van der Waals surface area (Å²) in [4.78, 5) is 14.0. The number of ether oxygens (including phenoxy) is 2. The third kappa shape index (κ3) is 5.29. The second-order valence-corrected chi connectivity index (χ2v) is 8.19. The van der Waals surface area contributed by atoms with Gasteiger partial charge in [0.05, 0.1) is 19.1 Å². The quantitative estimate of drug-likeness (QED) is 0.534. The van der Waals surface area contributed by atoms with E-state index in [0.29, 0.717) is 13.2 Å². The van der Waals surface area contributed by atoms with Crippen molar-refractivity contribution in [1.29, 1.82) is 0 Å². The van der Waals surface area contributed by atoms with E-state index >= 15 is 0 Å². The molecule has 0 saturated carbocycles. The van der Waals surface area contributed by atoms with Gasteiger partial charge in [0.15, 0.2) is 0 Å². The lowest BCUT2D eigenvalue weighted by atomic mass is 9.91. The standard InChI is InChI=1S/C27H29NO4/c1-31-24-14-12-21(13-15-24)26(28-16-6-10-23(18-28)27(29)30)22-9-5-11-25(17-22)32-19-20-7-3-2-4-8-20/h2-5,7-9,11-15,17,23,26H,6,10,16,18-19H2,1H3,(H,29,30). The number of benzene rings is 3. The van der Waals surface area contributed by atoms with Gasteiger partial charge in [-0.1, -0.05) is 54.6 Å². The van der Waals surface area contributed by atoms with E-state index in [0.717, 1.165) is 47.6 Å². The summed E-state index contributed by atoms with van der Waals surface area (Å²) in [6, 6.07) is 26.2. The Hall–Kier alpha value is -3.31. The average molecular weight is 432 g/mol. The van der Waals surface area contributed by atoms with Crippen LogP contribution >= 0.6 is 0 Å². The molecule has 32 heavy (non-hydrogen) atoms. The van der Waals surface area contributed by atoms with Gasteiger partial charge in [-0.2, -0.15) is 0 Å². The fourth-order valence-corrected chi connectivity index (χ4v) is 4.36. The van der Waals surface area contributed by atoms with Crippen LogP contribution in [0.4, 0.5) is 0 Å². The van der Waals surface area contributed by atoms with Crippen molar-refractivity contribution < 1.29 is 19.4 Å². The van der Waals surface area contributed by atoms with E-state index in [4.69, 9.17) is 9.47 Å². The number of carbonyl (C=O) groups is 1. The molecular weight excluding hydrogens is 402 g/mol. The zero-order valence-corrected chi connectivity index (χ0v) is 18.3. The Morgan fingerprint density at radius 3 is 2.50 bits per heavy atom. The number of rotatable bonds is 8. The molecule has 0 aliphatic carbocycles. The van der Waals surface area contributed by atoms with Gasteiger partial charge in [0.2, 0.25) is 0 Å². The number of hydrogen-bond acceptors (Lipinski definition) is 4. The van der Waals surface area contributed by atoms with Crippen molar-refractivity contribution in [3.63, 3.8) is 0 Å². The molecule has 2 unspecified atom stereocenters. The lowest BCUT2D eigenvalue weighted by molar-refractivity contribution is -0.143. The Labute approximate surface area is 189 Å². The normalized spacial score (nSPS) is 17.5. The first-order valence-corrected chi connectivity index (χ1v) is 11.0. The molecule has 3 aromatic carbocycles. The van der Waals surface area contributed by atoms with Crippen LogP contribution in [0.3, 0.4) is 0 Å². The Morgan fingerprint density at radius 2 is 1.78 bits per heavy atom. The number of carboxylic acid groups (broad SMARTS) is 1. The minimum atomic E-state index is -0.719. The summed E-state index contributed by atoms with van der Waals surface area (Å²) >= 11 is 0. The minimum absolute atomic E-state index is 0.0525. The largest absolute Gasteiger partial charge is 0.497 e. The summed E-state index contributed by atoms with van der Waals surface area (Å²) < 4.78 is 11.4. The first kappa shape index (κ1) is 21.9. The molecule has 1 N–H and O–H groups in total. The summed E-state index contributed by atoms with van der Waals surface area (Å²) in [7, 11) is 1.65. The van der Waals surface area contributed by atoms with Gasteiger partial charge < -0.3 is 14.6 Å². The highest BCUT2D eigenvalue weighted by Gasteiger charge is 2.31. The zero-order chi connectivity index (χ0) is 22.3. The summed E-state index contributed by atoms with van der Waals surface area (Å²) in [6.45, 7) is 1.89. The van der Waals surface area contributed by atoms with Gasteiger partial charge in [0, 0.05) is 6.54 Å². The van der Waals surface area contributed by atoms with Crippen LogP contribution in [0.1, 0.15) is 35.6 Å². The molecule has 1 fully saturated rings. The molecule has 0 aromatic heterocycles. The Bertz CT molecular complexity index is 1020. The van der Waals surface area contributed by atoms with E-state index in [2.05, 4.69) is 29.2 Å². The SMILES string of the molecule is COc1ccc(C(c2cccc(OCc3ccccc3)c2)N2CCCC(C(=O)O)C2)cc1. The van der Waals surface area contributed by atoms with E-state index in [1.807, 2.05) is 54.6 Å². The van der Waals surface area contributed by atoms with Crippen LogP contribution in [0, 0.1) is 5.92 Å². The van der Waals surface area contributed by atoms with Gasteiger partial charge in [-0.05, 0) is 60.3 Å². The summed E-state index contributed by atoms with van der Waals surface area (Å²) in [6.07, 6.45) is 1.59. The lowest BCUT2D eigenvalue weighted by Crippen LogP contribution is -2.41. The molecule has 0 bridgehead atoms. The highest BCUT2D eigenvalue weighted by molar-refractivity contribution is 5.70. The van der Waals surface area contributed by atoms with E-state index in [1.54, 1.807) is 7.11 Å². The third-order valence-corrected chi connectivity index (χ3v) is 6.02. The van der Waals surface area contributed by atoms with E-state index < -0.39 is 5.97 Å². The Balaban J connectivity index is 1.62. The van der Waals surface area contributed by atoms with Crippen LogP contribution < -0.4 is 9.47 Å². The van der Waals surface area contributed by atoms with E-state index in [1.165, 1.54) is 0 Å². The second-order valence-electron chi connectivity index (χ2n) is 8.19. The number of piperidine rings is 1. The highest BCUT2D eigenvalue weighted by atomic mass is 16.5. The Morgan fingerprint density at radius 1 is 1.00 bits per heavy atom. The number of hydrogen-bond donors (Lipinski definition) is 1. The van der Waals surface area contributed by atoms with Crippen molar-refractivity contribution in [2.75, 3.05) is 20.2 Å². The van der Waals surface area contributed by atoms with Crippen molar-refractivity contribution in [3.8, 4) is 11.5 Å². The summed E-state index contributed by atoms with van der Waals surface area (Å²) in [5, 5.41) is 9.61. The van der Waals surface area contributed by atoms with Crippen molar-refractivity contribution in [1.82, 2.24) is 4.90 Å². The van der Waals surface area contributed by atoms with Gasteiger partial charge in [0.25, 0.3) is 0 Å². The molecule has 1 aliphatic rings. The predicted octanol–water partition coefficient (Wildman–Crippen LogP) is 5.16. The van der Waals surface area contributed by atoms with Gasteiger partial charge >= 0.3 is 5.97 Å². The summed E-state index contributed by atoms with van der Waals surface area (Å²) in [5.74, 6) is 0.538. The first-order valence-electron chi connectivity index (χ1n) is 11.0. The van der Waals surface area contributed by atoms with E-state index in [-0.39, 0.29) is 12.0 Å². The molecule has 2 atom stereocenters. The molecule has 4 rings (SSSR count). The van der Waals surface area contributed by atoms with Crippen molar-refractivity contribution >= 4 is 5.97 Å². The van der Waals surface area contributed by atoms with E-state index in [9.17, 15) is 9.90 Å². The van der Waals surface area contributed by atoms with Gasteiger partial charge in [-0.15, -0.1) is 0 Å². The molecule has 5 nitrogen and oxygen atoms in total. The molecule has 1 saturated heterocycles. The van der Waals surface area contributed by atoms with Crippen LogP contribution in [0.15, 0.2) is 78.9 Å². The number of likely N-dealkylation sites (tertiary alicyclic amines) is 1. The molecule has 166 valence electrons. The highest BCUT2D eigenvalue weighted by Crippen LogP contribution is 2.35. The lowest BCUT2D eigenvalue weighted by Gasteiger charge is -2.37. The predicted molar refractivity (Wildman–Crippen MR) is 124 cm³/mol. The second kappa shape index (κ2) is 10.3. The topological polar surface area (TPSA) is 59.0 Å². The molecule has 5 heteroatoms. The fourth-order valence-electron chi connectivity index (χ4n) is 4.36. The smallest absolute Gasteiger partial charge is 0.307 e. The minimum Gasteiger partial charge on any atom is -0.497 e. The third-order valence-electron chi connectivity index (χ3n) is 6.02. The Kier molecular flexibility index (Phi) is 7.07. The number of methoxy groups -OCH3 is 1. The molecule has 0 radical (unpaired) electrons. The average Bonchev–Trinajstić information content (AvgIpc) is 2.84. The molecule has 1 aliphatic heterocycles. The van der Waals surface area contributed by atoms with Crippen LogP contribution in [0.2, 0.25) is 0 Å². The van der Waals surface area contributed by atoms with Gasteiger partial charge in [-0.3, -0.25) is 9.69 Å². The maximum atomic E-state index is 11.7. The van der Waals surface area contributed by atoms with Crippen LogP contribution in [-0.4, -0.2) is 36.2 Å². The molecule has 3 aromatic rings. The molecule has 0 spiro atoms. The van der Waals surface area contributed by atoms with Crippen LogP contribution in [-0.2, 0) is 11.4 Å². The number of carboxylic acids is 1. The van der Waals surface area contributed by atoms with Crippen LogP contribution in [0.5, 0.6) is 11.5 Å². The zero-order valence-electron chi connectivity index (χ0n) is 18.3. The molecule has 1 heterocycles. The fraction of sp³-hybridized carbons (Fsp3) is 0.296. The number of aliphatic carboxylic acids is 1.